The van der Waals surface area contributed by atoms with Gasteiger partial charge in [0.15, 0.2) is 6.10 Å². The van der Waals surface area contributed by atoms with Gasteiger partial charge < -0.3 is 4.74 Å². The highest BCUT2D eigenvalue weighted by atomic mass is 79.9. The molecule has 0 spiro atoms. The SMILES string of the molecule is COC(c1cc(Br)cc(Br)c1)C(F)(F)F. The molecule has 6 heteroatoms. The average molecular weight is 348 g/mol. The molecule has 0 radical (unpaired) electrons. The Kier molecular flexibility index (Phi) is 4.20. The molecule has 0 aromatic heterocycles. The van der Waals surface area contributed by atoms with Gasteiger partial charge in [0.2, 0.25) is 0 Å². The van der Waals surface area contributed by atoms with Gasteiger partial charge in [-0.25, -0.2) is 0 Å². The van der Waals surface area contributed by atoms with E-state index in [9.17, 15) is 13.2 Å². The summed E-state index contributed by atoms with van der Waals surface area (Å²) in [5.41, 5.74) is 0.0613. The zero-order valence-electron chi connectivity index (χ0n) is 7.61. The third-order valence-corrected chi connectivity index (χ3v) is 2.64. The average Bonchev–Trinajstić information content (AvgIpc) is 1.99. The van der Waals surface area contributed by atoms with Crippen molar-refractivity contribution in [2.45, 2.75) is 12.3 Å². The van der Waals surface area contributed by atoms with Gasteiger partial charge in [-0.2, -0.15) is 13.2 Å². The molecule has 0 aliphatic heterocycles. The molecule has 0 N–H and O–H groups in total. The van der Waals surface area contributed by atoms with Crippen LogP contribution in [0, 0.1) is 0 Å². The predicted octanol–water partition coefficient (Wildman–Crippen LogP) is 4.46. The van der Waals surface area contributed by atoms with Crippen molar-refractivity contribution < 1.29 is 17.9 Å². The summed E-state index contributed by atoms with van der Waals surface area (Å²) in [6.07, 6.45) is -6.30. The van der Waals surface area contributed by atoms with Crippen LogP contribution in [-0.4, -0.2) is 13.3 Å². The van der Waals surface area contributed by atoms with Crippen LogP contribution in [0.2, 0.25) is 0 Å². The molecular weight excluding hydrogens is 341 g/mol. The molecule has 1 aromatic carbocycles. The number of rotatable bonds is 2. The summed E-state index contributed by atoms with van der Waals surface area (Å²) in [5.74, 6) is 0. The van der Waals surface area contributed by atoms with E-state index in [0.29, 0.717) is 8.95 Å². The van der Waals surface area contributed by atoms with E-state index in [1.807, 2.05) is 0 Å². The molecule has 0 saturated heterocycles. The largest absolute Gasteiger partial charge is 0.418 e. The van der Waals surface area contributed by atoms with Crippen LogP contribution in [0.25, 0.3) is 0 Å². The van der Waals surface area contributed by atoms with Gasteiger partial charge >= 0.3 is 6.18 Å². The molecule has 0 heterocycles. The summed E-state index contributed by atoms with van der Waals surface area (Å²) in [7, 11) is 1.03. The van der Waals surface area contributed by atoms with Crippen molar-refractivity contribution in [1.29, 1.82) is 0 Å². The van der Waals surface area contributed by atoms with Crippen molar-refractivity contribution in [1.82, 2.24) is 0 Å². The summed E-state index contributed by atoms with van der Waals surface area (Å²) in [6.45, 7) is 0. The number of alkyl halides is 3. The molecule has 0 bridgehead atoms. The van der Waals surface area contributed by atoms with Gasteiger partial charge in [-0.3, -0.25) is 0 Å². The molecule has 0 fully saturated rings. The molecule has 0 aliphatic carbocycles. The first kappa shape index (κ1) is 13.0. The quantitative estimate of drug-likeness (QED) is 0.767. The van der Waals surface area contributed by atoms with Gasteiger partial charge in [-0.05, 0) is 23.8 Å². The molecule has 15 heavy (non-hydrogen) atoms. The normalized spacial score (nSPS) is 14.0. The van der Waals surface area contributed by atoms with Crippen LogP contribution in [0.3, 0.4) is 0 Å². The van der Waals surface area contributed by atoms with Crippen LogP contribution in [0.15, 0.2) is 27.1 Å². The fourth-order valence-electron chi connectivity index (χ4n) is 1.19. The number of hydrogen-bond donors (Lipinski definition) is 0. The van der Waals surface area contributed by atoms with Gasteiger partial charge in [0, 0.05) is 16.1 Å². The summed E-state index contributed by atoms with van der Waals surface area (Å²) in [6, 6.07) is 4.42. The van der Waals surface area contributed by atoms with Crippen LogP contribution in [0.1, 0.15) is 11.7 Å². The second kappa shape index (κ2) is 4.84. The number of methoxy groups -OCH3 is 1. The lowest BCUT2D eigenvalue weighted by molar-refractivity contribution is -0.216. The Bertz CT molecular complexity index is 331. The maximum atomic E-state index is 12.5. The monoisotopic (exact) mass is 346 g/mol. The standard InChI is InChI=1S/C9H7Br2F3O/c1-15-8(9(12,13)14)5-2-6(10)4-7(11)3-5/h2-4,8H,1H3. The Morgan fingerprint density at radius 1 is 1.13 bits per heavy atom. The first-order valence-corrected chi connectivity index (χ1v) is 5.48. The Morgan fingerprint density at radius 2 is 1.60 bits per heavy atom. The Hall–Kier alpha value is -0.0700. The van der Waals surface area contributed by atoms with Crippen LogP contribution >= 0.6 is 31.9 Å². The van der Waals surface area contributed by atoms with Crippen molar-refractivity contribution in [3.63, 3.8) is 0 Å². The van der Waals surface area contributed by atoms with Gasteiger partial charge in [-0.1, -0.05) is 31.9 Å². The van der Waals surface area contributed by atoms with E-state index >= 15 is 0 Å². The van der Waals surface area contributed by atoms with E-state index in [1.165, 1.54) is 12.1 Å². The van der Waals surface area contributed by atoms with E-state index in [0.717, 1.165) is 7.11 Å². The minimum Gasteiger partial charge on any atom is -0.367 e. The number of benzene rings is 1. The molecule has 0 saturated carbocycles. The summed E-state index contributed by atoms with van der Waals surface area (Å²) in [4.78, 5) is 0. The van der Waals surface area contributed by atoms with E-state index < -0.39 is 12.3 Å². The van der Waals surface area contributed by atoms with Crippen LogP contribution in [0.4, 0.5) is 13.2 Å². The van der Waals surface area contributed by atoms with Gasteiger partial charge in [0.1, 0.15) is 0 Å². The molecule has 1 unspecified atom stereocenters. The van der Waals surface area contributed by atoms with Crippen LogP contribution in [-0.2, 0) is 4.74 Å². The molecule has 0 aliphatic rings. The van der Waals surface area contributed by atoms with Crippen molar-refractivity contribution in [3.8, 4) is 0 Å². The minimum atomic E-state index is -4.41. The smallest absolute Gasteiger partial charge is 0.367 e. The first-order chi connectivity index (χ1) is 6.84. The van der Waals surface area contributed by atoms with Crippen molar-refractivity contribution in [2.75, 3.05) is 7.11 Å². The Labute approximate surface area is 102 Å². The first-order valence-electron chi connectivity index (χ1n) is 3.90. The number of halogens is 5. The Balaban J connectivity index is 3.13. The third kappa shape index (κ3) is 3.46. The van der Waals surface area contributed by atoms with E-state index in [2.05, 4.69) is 36.6 Å². The topological polar surface area (TPSA) is 9.23 Å². The highest BCUT2D eigenvalue weighted by Crippen LogP contribution is 2.37. The summed E-state index contributed by atoms with van der Waals surface area (Å²) in [5, 5.41) is 0. The number of ether oxygens (including phenoxy) is 1. The molecule has 1 rings (SSSR count). The highest BCUT2D eigenvalue weighted by molar-refractivity contribution is 9.11. The molecular formula is C9H7Br2F3O. The summed E-state index contributed by atoms with van der Waals surface area (Å²) >= 11 is 6.25. The second-order valence-electron chi connectivity index (χ2n) is 2.86. The molecule has 0 amide bonds. The third-order valence-electron chi connectivity index (χ3n) is 1.72. The van der Waals surface area contributed by atoms with Gasteiger partial charge in [-0.15, -0.1) is 0 Å². The maximum absolute atomic E-state index is 12.5. The number of hydrogen-bond acceptors (Lipinski definition) is 1. The second-order valence-corrected chi connectivity index (χ2v) is 4.69. The van der Waals surface area contributed by atoms with E-state index in [4.69, 9.17) is 0 Å². The molecule has 1 aromatic rings. The fraction of sp³-hybridized carbons (Fsp3) is 0.333. The fourth-order valence-corrected chi connectivity index (χ4v) is 2.51. The maximum Gasteiger partial charge on any atom is 0.418 e. The zero-order chi connectivity index (χ0) is 11.6. The molecule has 1 atom stereocenters. The predicted molar refractivity (Wildman–Crippen MR) is 57.6 cm³/mol. The van der Waals surface area contributed by atoms with Crippen molar-refractivity contribution in [2.24, 2.45) is 0 Å². The summed E-state index contributed by atoms with van der Waals surface area (Å²) < 4.78 is 43.1. The molecule has 1 nitrogen and oxygen atoms in total. The van der Waals surface area contributed by atoms with E-state index in [-0.39, 0.29) is 5.56 Å². The lowest BCUT2D eigenvalue weighted by atomic mass is 10.1. The van der Waals surface area contributed by atoms with Crippen molar-refractivity contribution >= 4 is 31.9 Å². The van der Waals surface area contributed by atoms with E-state index in [1.54, 1.807) is 6.07 Å². The highest BCUT2D eigenvalue weighted by Gasteiger charge is 2.41. The molecule has 84 valence electrons. The van der Waals surface area contributed by atoms with Gasteiger partial charge in [0.05, 0.1) is 0 Å². The van der Waals surface area contributed by atoms with Crippen LogP contribution < -0.4 is 0 Å². The lowest BCUT2D eigenvalue weighted by Gasteiger charge is -2.19. The minimum absolute atomic E-state index is 0.0613. The zero-order valence-corrected chi connectivity index (χ0v) is 10.8. The Morgan fingerprint density at radius 3 is 1.93 bits per heavy atom. The van der Waals surface area contributed by atoms with Crippen molar-refractivity contribution in [3.05, 3.63) is 32.7 Å². The van der Waals surface area contributed by atoms with Gasteiger partial charge in [0.25, 0.3) is 0 Å². The van der Waals surface area contributed by atoms with Crippen LogP contribution in [0.5, 0.6) is 0 Å². The lowest BCUT2D eigenvalue weighted by Crippen LogP contribution is -2.22.